The number of nitrogens with two attached hydrogens (primary N) is 1. The van der Waals surface area contributed by atoms with Gasteiger partial charge in [-0.3, -0.25) is 0 Å². The zero-order chi connectivity index (χ0) is 13.2. The van der Waals surface area contributed by atoms with Crippen molar-refractivity contribution in [1.82, 2.24) is 0 Å². The minimum absolute atomic E-state index is 0.658. The van der Waals surface area contributed by atoms with Gasteiger partial charge in [0.1, 0.15) is 0 Å². The van der Waals surface area contributed by atoms with E-state index >= 15 is 0 Å². The van der Waals surface area contributed by atoms with Gasteiger partial charge in [-0.2, -0.15) is 0 Å². The molecule has 0 amide bonds. The zero-order valence-corrected chi connectivity index (χ0v) is 11.5. The number of hydrogen-bond acceptors (Lipinski definition) is 2. The Balaban J connectivity index is 1.85. The Kier molecular flexibility index (Phi) is 3.45. The Hall–Kier alpha value is -1.51. The van der Waals surface area contributed by atoms with E-state index in [1.807, 2.05) is 6.07 Å². The number of anilines is 1. The van der Waals surface area contributed by atoms with Gasteiger partial charge in [0.25, 0.3) is 0 Å². The number of halogens is 1. The van der Waals surface area contributed by atoms with Crippen LogP contribution in [0, 0.1) is 0 Å². The molecule has 0 radical (unpaired) electrons. The second-order valence-corrected chi connectivity index (χ2v) is 5.36. The number of fused-ring (bicyclic) bond motifs is 1. The summed E-state index contributed by atoms with van der Waals surface area (Å²) in [4.78, 5) is 2.32. The molecule has 3 heteroatoms. The molecule has 0 aliphatic carbocycles. The molecule has 2 aromatic rings. The van der Waals surface area contributed by atoms with E-state index in [1.54, 1.807) is 0 Å². The van der Waals surface area contributed by atoms with Gasteiger partial charge < -0.3 is 10.6 Å². The predicted octanol–water partition coefficient (Wildman–Crippen LogP) is 3.36. The predicted molar refractivity (Wildman–Crippen MR) is 80.5 cm³/mol. The highest BCUT2D eigenvalue weighted by molar-refractivity contribution is 6.33. The summed E-state index contributed by atoms with van der Waals surface area (Å²) in [7, 11) is 0. The van der Waals surface area contributed by atoms with Gasteiger partial charge in [0.05, 0.1) is 10.7 Å². The highest BCUT2D eigenvalue weighted by Crippen LogP contribution is 2.33. The molecule has 0 spiro atoms. The molecule has 19 heavy (non-hydrogen) atoms. The molecule has 3 rings (SSSR count). The van der Waals surface area contributed by atoms with Crippen LogP contribution in [0.25, 0.3) is 0 Å². The summed E-state index contributed by atoms with van der Waals surface area (Å²) in [6, 6.07) is 14.8. The second-order valence-electron chi connectivity index (χ2n) is 4.95. The molecule has 2 nitrogen and oxygen atoms in total. The first kappa shape index (κ1) is 12.5. The Morgan fingerprint density at radius 2 is 1.74 bits per heavy atom. The second kappa shape index (κ2) is 5.24. The molecule has 0 aromatic heterocycles. The molecule has 0 bridgehead atoms. The third-order valence-corrected chi connectivity index (χ3v) is 3.93. The third-order valence-electron chi connectivity index (χ3n) is 3.63. The van der Waals surface area contributed by atoms with Crippen LogP contribution in [-0.2, 0) is 19.5 Å². The summed E-state index contributed by atoms with van der Waals surface area (Å²) in [5.41, 5.74) is 10.7. The van der Waals surface area contributed by atoms with Crippen LogP contribution in [0.3, 0.4) is 0 Å². The number of hydrogen-bond donors (Lipinski definition) is 1. The smallest absolute Gasteiger partial charge is 0.0642 e. The van der Waals surface area contributed by atoms with Crippen molar-refractivity contribution in [3.8, 4) is 0 Å². The maximum atomic E-state index is 6.41. The summed E-state index contributed by atoms with van der Waals surface area (Å²) in [5.74, 6) is 0. The van der Waals surface area contributed by atoms with Crippen molar-refractivity contribution in [2.45, 2.75) is 19.5 Å². The molecule has 2 N–H and O–H groups in total. The molecular formula is C16H17ClN2. The van der Waals surface area contributed by atoms with Gasteiger partial charge in [-0.15, -0.1) is 0 Å². The molecule has 1 aliphatic rings. The van der Waals surface area contributed by atoms with Gasteiger partial charge in [-0.25, -0.2) is 0 Å². The van der Waals surface area contributed by atoms with Crippen LogP contribution in [0.4, 0.5) is 5.69 Å². The molecule has 1 aliphatic heterocycles. The normalized spacial score (nSPS) is 13.7. The zero-order valence-electron chi connectivity index (χ0n) is 10.8. The monoisotopic (exact) mass is 272 g/mol. The average molecular weight is 273 g/mol. The van der Waals surface area contributed by atoms with Gasteiger partial charge in [-0.1, -0.05) is 41.9 Å². The fraction of sp³-hybridized carbons (Fsp3) is 0.250. The van der Waals surface area contributed by atoms with Gasteiger partial charge in [-0.05, 0) is 41.8 Å². The van der Waals surface area contributed by atoms with Crippen molar-refractivity contribution < 1.29 is 0 Å². The topological polar surface area (TPSA) is 29.3 Å². The Bertz CT molecular complexity index is 570. The van der Waals surface area contributed by atoms with Crippen LogP contribution in [-0.4, -0.2) is 6.54 Å². The lowest BCUT2D eigenvalue weighted by Gasteiger charge is -2.19. The maximum absolute atomic E-state index is 6.41. The minimum Gasteiger partial charge on any atom is -0.362 e. The molecule has 0 unspecified atom stereocenters. The number of benzene rings is 2. The standard InChI is InChI=1S/C16H17ClN2/c17-15-9-12(7-8-18)5-6-16(15)19-10-13-3-1-2-4-14(13)11-19/h1-6,9H,7-8,10-11,18H2. The molecule has 1 heterocycles. The number of nitrogens with zero attached hydrogens (tertiary/aromatic N) is 1. The highest BCUT2D eigenvalue weighted by atomic mass is 35.5. The summed E-state index contributed by atoms with van der Waals surface area (Å²) in [5, 5.41) is 0.818. The van der Waals surface area contributed by atoms with E-state index in [1.165, 1.54) is 16.7 Å². The first-order valence-electron chi connectivity index (χ1n) is 6.58. The largest absolute Gasteiger partial charge is 0.362 e. The van der Waals surface area contributed by atoms with Crippen molar-refractivity contribution in [1.29, 1.82) is 0 Å². The van der Waals surface area contributed by atoms with Crippen molar-refractivity contribution in [3.05, 3.63) is 64.2 Å². The van der Waals surface area contributed by atoms with Crippen LogP contribution >= 0.6 is 11.6 Å². The van der Waals surface area contributed by atoms with Gasteiger partial charge in [0.15, 0.2) is 0 Å². The Labute approximate surface area is 118 Å². The Morgan fingerprint density at radius 3 is 2.32 bits per heavy atom. The van der Waals surface area contributed by atoms with Crippen molar-refractivity contribution in [3.63, 3.8) is 0 Å². The van der Waals surface area contributed by atoms with E-state index in [0.29, 0.717) is 6.54 Å². The molecule has 0 atom stereocenters. The first-order chi connectivity index (χ1) is 9.28. The van der Waals surface area contributed by atoms with Crippen molar-refractivity contribution in [2.24, 2.45) is 5.73 Å². The van der Waals surface area contributed by atoms with E-state index in [0.717, 1.165) is 30.2 Å². The summed E-state index contributed by atoms with van der Waals surface area (Å²) in [6.45, 7) is 2.53. The van der Waals surface area contributed by atoms with Crippen LogP contribution in [0.1, 0.15) is 16.7 Å². The van der Waals surface area contributed by atoms with E-state index in [2.05, 4.69) is 41.3 Å². The van der Waals surface area contributed by atoms with Gasteiger partial charge >= 0.3 is 0 Å². The summed E-state index contributed by atoms with van der Waals surface area (Å²) >= 11 is 6.41. The fourth-order valence-electron chi connectivity index (χ4n) is 2.63. The maximum Gasteiger partial charge on any atom is 0.0642 e. The van der Waals surface area contributed by atoms with Crippen LogP contribution in [0.5, 0.6) is 0 Å². The summed E-state index contributed by atoms with van der Waals surface area (Å²) in [6.07, 6.45) is 0.875. The highest BCUT2D eigenvalue weighted by Gasteiger charge is 2.20. The van der Waals surface area contributed by atoms with Crippen LogP contribution < -0.4 is 10.6 Å². The van der Waals surface area contributed by atoms with E-state index in [-0.39, 0.29) is 0 Å². The van der Waals surface area contributed by atoms with E-state index in [4.69, 9.17) is 17.3 Å². The third kappa shape index (κ3) is 2.46. The number of rotatable bonds is 3. The van der Waals surface area contributed by atoms with Crippen LogP contribution in [0.15, 0.2) is 42.5 Å². The van der Waals surface area contributed by atoms with Gasteiger partial charge in [0, 0.05) is 13.1 Å². The molecule has 0 saturated carbocycles. The SMILES string of the molecule is NCCc1ccc(N2Cc3ccccc3C2)c(Cl)c1. The Morgan fingerprint density at radius 1 is 1.05 bits per heavy atom. The lowest BCUT2D eigenvalue weighted by Crippen LogP contribution is -2.15. The summed E-state index contributed by atoms with van der Waals surface area (Å²) < 4.78 is 0. The molecular weight excluding hydrogens is 256 g/mol. The van der Waals surface area contributed by atoms with Crippen molar-refractivity contribution in [2.75, 3.05) is 11.4 Å². The quantitative estimate of drug-likeness (QED) is 0.928. The molecule has 98 valence electrons. The van der Waals surface area contributed by atoms with E-state index in [9.17, 15) is 0 Å². The molecule has 2 aromatic carbocycles. The molecule has 0 saturated heterocycles. The van der Waals surface area contributed by atoms with Gasteiger partial charge in [0.2, 0.25) is 0 Å². The average Bonchev–Trinajstić information content (AvgIpc) is 2.82. The minimum atomic E-state index is 0.658. The first-order valence-corrected chi connectivity index (χ1v) is 6.96. The van der Waals surface area contributed by atoms with E-state index < -0.39 is 0 Å². The van der Waals surface area contributed by atoms with Crippen molar-refractivity contribution >= 4 is 17.3 Å². The lowest BCUT2D eigenvalue weighted by molar-refractivity contribution is 0.878. The van der Waals surface area contributed by atoms with Crippen LogP contribution in [0.2, 0.25) is 5.02 Å². The fourth-order valence-corrected chi connectivity index (χ4v) is 2.96. The lowest BCUT2D eigenvalue weighted by atomic mass is 10.1. The molecule has 0 fully saturated rings.